The van der Waals surface area contributed by atoms with Crippen molar-refractivity contribution in [3.05, 3.63) is 0 Å². The standard InChI is InChI=1S/C14H25N3O/c1-11(13(5,6)9-15)17(12(2,3)4)18-14(7,8)10-16/h11H,1-8H3. The van der Waals surface area contributed by atoms with Gasteiger partial charge in [-0.1, -0.05) is 0 Å². The number of rotatable bonds is 4. The molecule has 0 aliphatic carbocycles. The summed E-state index contributed by atoms with van der Waals surface area (Å²) >= 11 is 0. The lowest BCUT2D eigenvalue weighted by Crippen LogP contribution is -2.54. The van der Waals surface area contributed by atoms with Crippen LogP contribution in [-0.2, 0) is 4.84 Å². The van der Waals surface area contributed by atoms with Crippen LogP contribution in [0.2, 0.25) is 0 Å². The van der Waals surface area contributed by atoms with Crippen LogP contribution in [0, 0.1) is 28.1 Å². The average Bonchev–Trinajstić information content (AvgIpc) is 2.23. The fraction of sp³-hybridized carbons (Fsp3) is 0.857. The van der Waals surface area contributed by atoms with Crippen LogP contribution in [0.3, 0.4) is 0 Å². The van der Waals surface area contributed by atoms with Crippen molar-refractivity contribution in [3.63, 3.8) is 0 Å². The maximum atomic E-state index is 9.24. The summed E-state index contributed by atoms with van der Waals surface area (Å²) in [6.07, 6.45) is 0. The Labute approximate surface area is 111 Å². The molecule has 0 heterocycles. The molecule has 0 fully saturated rings. The summed E-state index contributed by atoms with van der Waals surface area (Å²) in [5.74, 6) is 0. The first-order chi connectivity index (χ1) is 7.87. The van der Waals surface area contributed by atoms with E-state index in [0.29, 0.717) is 0 Å². The fourth-order valence-electron chi connectivity index (χ4n) is 1.45. The van der Waals surface area contributed by atoms with Gasteiger partial charge in [-0.25, -0.2) is 0 Å². The first-order valence-corrected chi connectivity index (χ1v) is 6.18. The minimum absolute atomic E-state index is 0.130. The van der Waals surface area contributed by atoms with E-state index in [1.54, 1.807) is 18.9 Å². The van der Waals surface area contributed by atoms with Crippen molar-refractivity contribution in [1.29, 1.82) is 10.5 Å². The smallest absolute Gasteiger partial charge is 0.170 e. The zero-order valence-electron chi connectivity index (χ0n) is 12.8. The molecule has 0 aromatic rings. The summed E-state index contributed by atoms with van der Waals surface area (Å²) in [5, 5.41) is 20.1. The summed E-state index contributed by atoms with van der Waals surface area (Å²) in [6.45, 7) is 15.1. The average molecular weight is 251 g/mol. The van der Waals surface area contributed by atoms with Crippen molar-refractivity contribution >= 4 is 0 Å². The molecule has 102 valence electrons. The predicted molar refractivity (Wildman–Crippen MR) is 71.2 cm³/mol. The predicted octanol–water partition coefficient (Wildman–Crippen LogP) is 3.26. The Kier molecular flexibility index (Phi) is 4.94. The second kappa shape index (κ2) is 5.26. The third-order valence-corrected chi connectivity index (χ3v) is 2.94. The highest BCUT2D eigenvalue weighted by atomic mass is 16.7. The first kappa shape index (κ1) is 16.9. The van der Waals surface area contributed by atoms with Gasteiger partial charge in [0.1, 0.15) is 0 Å². The summed E-state index contributed by atoms with van der Waals surface area (Å²) in [7, 11) is 0. The number of hydrogen-bond donors (Lipinski definition) is 0. The molecule has 0 aromatic heterocycles. The van der Waals surface area contributed by atoms with Crippen molar-refractivity contribution in [1.82, 2.24) is 5.06 Å². The van der Waals surface area contributed by atoms with E-state index in [1.807, 2.05) is 41.5 Å². The third kappa shape index (κ3) is 4.29. The van der Waals surface area contributed by atoms with Gasteiger partial charge < -0.3 is 0 Å². The van der Waals surface area contributed by atoms with Crippen LogP contribution < -0.4 is 0 Å². The maximum absolute atomic E-state index is 9.24. The second-order valence-electron chi connectivity index (χ2n) is 6.72. The van der Waals surface area contributed by atoms with Gasteiger partial charge in [0.15, 0.2) is 5.60 Å². The van der Waals surface area contributed by atoms with Gasteiger partial charge in [0.2, 0.25) is 0 Å². The molecular weight excluding hydrogens is 226 g/mol. The Balaban J connectivity index is 5.31. The van der Waals surface area contributed by atoms with Crippen LogP contribution in [0.5, 0.6) is 0 Å². The van der Waals surface area contributed by atoms with E-state index in [-0.39, 0.29) is 11.6 Å². The van der Waals surface area contributed by atoms with Crippen molar-refractivity contribution in [2.24, 2.45) is 5.41 Å². The Hall–Kier alpha value is -1.10. The molecule has 18 heavy (non-hydrogen) atoms. The largest absolute Gasteiger partial charge is 0.277 e. The highest BCUT2D eigenvalue weighted by Crippen LogP contribution is 2.31. The zero-order valence-corrected chi connectivity index (χ0v) is 12.8. The lowest BCUT2D eigenvalue weighted by atomic mass is 9.85. The van der Waals surface area contributed by atoms with E-state index in [2.05, 4.69) is 12.1 Å². The van der Waals surface area contributed by atoms with Gasteiger partial charge in [0.05, 0.1) is 23.6 Å². The second-order valence-corrected chi connectivity index (χ2v) is 6.72. The van der Waals surface area contributed by atoms with Crippen LogP contribution in [0.4, 0.5) is 0 Å². The maximum Gasteiger partial charge on any atom is 0.170 e. The summed E-state index contributed by atoms with van der Waals surface area (Å²) in [5.41, 5.74) is -1.76. The van der Waals surface area contributed by atoms with Gasteiger partial charge in [-0.05, 0) is 55.4 Å². The number of nitrogens with zero attached hydrogens (tertiary/aromatic N) is 3. The van der Waals surface area contributed by atoms with Gasteiger partial charge >= 0.3 is 0 Å². The molecule has 1 atom stereocenters. The molecule has 0 aliphatic heterocycles. The van der Waals surface area contributed by atoms with Crippen molar-refractivity contribution in [2.45, 2.75) is 72.6 Å². The molecule has 0 saturated heterocycles. The molecule has 0 saturated carbocycles. The molecule has 0 bridgehead atoms. The van der Waals surface area contributed by atoms with Gasteiger partial charge in [0, 0.05) is 5.54 Å². The highest BCUT2D eigenvalue weighted by Gasteiger charge is 2.40. The lowest BCUT2D eigenvalue weighted by Gasteiger charge is -2.45. The number of hydrogen-bond acceptors (Lipinski definition) is 4. The van der Waals surface area contributed by atoms with E-state index in [0.717, 1.165) is 0 Å². The topological polar surface area (TPSA) is 60.0 Å². The third-order valence-electron chi connectivity index (χ3n) is 2.94. The quantitative estimate of drug-likeness (QED) is 0.719. The first-order valence-electron chi connectivity index (χ1n) is 6.18. The van der Waals surface area contributed by atoms with Crippen LogP contribution in [-0.4, -0.2) is 22.2 Å². The van der Waals surface area contributed by atoms with Crippen molar-refractivity contribution < 1.29 is 4.84 Å². The summed E-state index contributed by atoms with van der Waals surface area (Å²) in [4.78, 5) is 5.82. The van der Waals surface area contributed by atoms with Gasteiger partial charge in [-0.15, -0.1) is 0 Å². The van der Waals surface area contributed by atoms with E-state index < -0.39 is 11.0 Å². The van der Waals surface area contributed by atoms with E-state index in [9.17, 15) is 5.26 Å². The van der Waals surface area contributed by atoms with Crippen molar-refractivity contribution in [2.75, 3.05) is 0 Å². The minimum Gasteiger partial charge on any atom is -0.277 e. The fourth-order valence-corrected chi connectivity index (χ4v) is 1.45. The molecule has 0 aromatic carbocycles. The van der Waals surface area contributed by atoms with Gasteiger partial charge in [-0.3, -0.25) is 4.84 Å². The van der Waals surface area contributed by atoms with E-state index in [4.69, 9.17) is 10.1 Å². The molecule has 0 aliphatic rings. The monoisotopic (exact) mass is 251 g/mol. The SMILES string of the molecule is CC(N(OC(C)(C)C#N)C(C)(C)C)C(C)(C)C#N. The van der Waals surface area contributed by atoms with Gasteiger partial charge in [0.25, 0.3) is 0 Å². The van der Waals surface area contributed by atoms with E-state index in [1.165, 1.54) is 0 Å². The Morgan fingerprint density at radius 2 is 1.39 bits per heavy atom. The molecular formula is C14H25N3O. The molecule has 1 unspecified atom stereocenters. The summed E-state index contributed by atoms with van der Waals surface area (Å²) < 4.78 is 0. The van der Waals surface area contributed by atoms with Crippen LogP contribution in [0.15, 0.2) is 0 Å². The molecule has 0 amide bonds. The van der Waals surface area contributed by atoms with Crippen LogP contribution in [0.1, 0.15) is 55.4 Å². The molecule has 0 radical (unpaired) electrons. The van der Waals surface area contributed by atoms with Crippen LogP contribution >= 0.6 is 0 Å². The zero-order chi connectivity index (χ0) is 14.8. The molecule has 0 N–H and O–H groups in total. The Morgan fingerprint density at radius 1 is 0.944 bits per heavy atom. The molecule has 4 nitrogen and oxygen atoms in total. The normalized spacial score (nSPS) is 15.1. The molecule has 4 heteroatoms. The van der Waals surface area contributed by atoms with Gasteiger partial charge in [-0.2, -0.15) is 15.6 Å². The van der Waals surface area contributed by atoms with Crippen molar-refractivity contribution in [3.8, 4) is 12.1 Å². The Bertz CT molecular complexity index is 366. The number of hydroxylamine groups is 2. The van der Waals surface area contributed by atoms with E-state index >= 15 is 0 Å². The minimum atomic E-state index is -0.910. The summed E-state index contributed by atoms with van der Waals surface area (Å²) in [6, 6.07) is 4.28. The molecule has 0 spiro atoms. The molecule has 0 rings (SSSR count). The Morgan fingerprint density at radius 3 is 1.67 bits per heavy atom. The van der Waals surface area contributed by atoms with Crippen LogP contribution in [0.25, 0.3) is 0 Å². The number of nitriles is 2. The lowest BCUT2D eigenvalue weighted by molar-refractivity contribution is -0.285. The highest BCUT2D eigenvalue weighted by molar-refractivity contribution is 5.01.